The maximum Gasteiger partial charge on any atom is 0.417 e. The quantitative estimate of drug-likeness (QED) is 0.621. The number of alkyl halides is 3. The molecule has 0 atom stereocenters. The summed E-state index contributed by atoms with van der Waals surface area (Å²) in [7, 11) is 0. The summed E-state index contributed by atoms with van der Waals surface area (Å²) in [6, 6.07) is 13.4. The maximum atomic E-state index is 13.0. The minimum atomic E-state index is -4.54. The third kappa shape index (κ3) is 5.30. The first-order chi connectivity index (χ1) is 12.9. The van der Waals surface area contributed by atoms with Gasteiger partial charge in [0.15, 0.2) is 5.82 Å². The third-order valence-corrected chi connectivity index (χ3v) is 3.97. The Labute approximate surface area is 158 Å². The average Bonchev–Trinajstić information content (AvgIpc) is 2.64. The molecule has 3 rings (SSSR count). The first kappa shape index (κ1) is 18.9. The second kappa shape index (κ2) is 8.22. The minimum absolute atomic E-state index is 0.197. The lowest BCUT2D eigenvalue weighted by molar-refractivity contribution is -0.137. The van der Waals surface area contributed by atoms with Crippen LogP contribution >= 0.6 is 11.6 Å². The molecule has 9 heteroatoms. The van der Waals surface area contributed by atoms with E-state index in [1.807, 2.05) is 30.3 Å². The van der Waals surface area contributed by atoms with Gasteiger partial charge >= 0.3 is 6.18 Å². The lowest BCUT2D eigenvalue weighted by Gasteiger charge is -2.12. The fourth-order valence-electron chi connectivity index (χ4n) is 2.37. The number of aromatic nitrogens is 3. The second-order valence-electron chi connectivity index (χ2n) is 5.64. The lowest BCUT2D eigenvalue weighted by Crippen LogP contribution is -2.10. The largest absolute Gasteiger partial charge is 0.417 e. The second-order valence-corrected chi connectivity index (χ2v) is 6.05. The zero-order valence-electron chi connectivity index (χ0n) is 14.0. The van der Waals surface area contributed by atoms with Gasteiger partial charge in [-0.2, -0.15) is 23.3 Å². The number of nitrogens with zero attached hydrogens (tertiary/aromatic N) is 3. The van der Waals surface area contributed by atoms with Crippen molar-refractivity contribution in [3.8, 4) is 0 Å². The van der Waals surface area contributed by atoms with Crippen molar-refractivity contribution >= 4 is 29.1 Å². The molecule has 0 amide bonds. The number of nitrogens with one attached hydrogen (secondary N) is 2. The van der Waals surface area contributed by atoms with Crippen LogP contribution in [-0.4, -0.2) is 21.7 Å². The molecule has 0 saturated heterocycles. The van der Waals surface area contributed by atoms with E-state index >= 15 is 0 Å². The molecular formula is C18H15ClF3N5. The van der Waals surface area contributed by atoms with E-state index in [1.54, 1.807) is 0 Å². The van der Waals surface area contributed by atoms with Crippen LogP contribution in [0.1, 0.15) is 11.1 Å². The van der Waals surface area contributed by atoms with Crippen molar-refractivity contribution in [1.29, 1.82) is 0 Å². The van der Waals surface area contributed by atoms with Crippen molar-refractivity contribution in [2.45, 2.75) is 12.6 Å². The molecule has 0 aliphatic rings. The number of benzene rings is 2. The Balaban J connectivity index is 1.65. The first-order valence-electron chi connectivity index (χ1n) is 8.03. The molecule has 0 aliphatic heterocycles. The Hall–Kier alpha value is -2.87. The molecule has 2 aromatic carbocycles. The van der Waals surface area contributed by atoms with Crippen LogP contribution in [-0.2, 0) is 12.6 Å². The Morgan fingerprint density at radius 1 is 1.04 bits per heavy atom. The van der Waals surface area contributed by atoms with Gasteiger partial charge in [-0.3, -0.25) is 0 Å². The van der Waals surface area contributed by atoms with Gasteiger partial charge in [0.1, 0.15) is 0 Å². The van der Waals surface area contributed by atoms with Crippen molar-refractivity contribution in [1.82, 2.24) is 15.2 Å². The van der Waals surface area contributed by atoms with Crippen LogP contribution in [0.5, 0.6) is 0 Å². The number of rotatable bonds is 6. The van der Waals surface area contributed by atoms with Gasteiger partial charge in [0.2, 0.25) is 5.95 Å². The summed E-state index contributed by atoms with van der Waals surface area (Å²) < 4.78 is 38.9. The van der Waals surface area contributed by atoms with E-state index in [2.05, 4.69) is 25.8 Å². The predicted octanol–water partition coefficient (Wildman–Crippen LogP) is 4.94. The summed E-state index contributed by atoms with van der Waals surface area (Å²) in [4.78, 5) is 4.20. The highest BCUT2D eigenvalue weighted by Crippen LogP contribution is 2.36. The smallest absolute Gasteiger partial charge is 0.353 e. The Morgan fingerprint density at radius 3 is 2.56 bits per heavy atom. The summed E-state index contributed by atoms with van der Waals surface area (Å²) in [5, 5.41) is 13.1. The predicted molar refractivity (Wildman–Crippen MR) is 98.2 cm³/mol. The highest BCUT2D eigenvalue weighted by atomic mass is 35.5. The molecule has 0 bridgehead atoms. The molecule has 1 heterocycles. The normalized spacial score (nSPS) is 11.3. The van der Waals surface area contributed by atoms with Gasteiger partial charge in [-0.1, -0.05) is 41.9 Å². The molecule has 2 N–H and O–H groups in total. The van der Waals surface area contributed by atoms with Gasteiger partial charge < -0.3 is 10.6 Å². The van der Waals surface area contributed by atoms with Gasteiger partial charge in [0, 0.05) is 12.2 Å². The summed E-state index contributed by atoms with van der Waals surface area (Å²) in [5.41, 5.74) is 0.438. The molecule has 140 valence electrons. The number of halogens is 4. The topological polar surface area (TPSA) is 62.7 Å². The molecule has 3 aromatic rings. The SMILES string of the molecule is FC(F)(F)c1cc(Nc2cnnc(NCCc3ccccc3)n2)ccc1Cl. The molecule has 0 spiro atoms. The van der Waals surface area contributed by atoms with Crippen LogP contribution in [0.3, 0.4) is 0 Å². The van der Waals surface area contributed by atoms with Crippen molar-refractivity contribution in [2.24, 2.45) is 0 Å². The molecule has 27 heavy (non-hydrogen) atoms. The van der Waals surface area contributed by atoms with E-state index in [-0.39, 0.29) is 22.5 Å². The molecule has 0 unspecified atom stereocenters. The van der Waals surface area contributed by atoms with E-state index in [4.69, 9.17) is 11.6 Å². The van der Waals surface area contributed by atoms with Crippen LogP contribution in [0.4, 0.5) is 30.6 Å². The van der Waals surface area contributed by atoms with Gasteiger partial charge in [-0.15, -0.1) is 5.10 Å². The highest BCUT2D eigenvalue weighted by Gasteiger charge is 2.33. The van der Waals surface area contributed by atoms with Crippen LogP contribution < -0.4 is 10.6 Å². The molecule has 0 radical (unpaired) electrons. The summed E-state index contributed by atoms with van der Waals surface area (Å²) in [6.45, 7) is 0.592. The Kier molecular flexibility index (Phi) is 5.75. The van der Waals surface area contributed by atoms with Gasteiger partial charge in [-0.25, -0.2) is 0 Å². The minimum Gasteiger partial charge on any atom is -0.353 e. The van der Waals surface area contributed by atoms with E-state index < -0.39 is 11.7 Å². The van der Waals surface area contributed by atoms with Crippen molar-refractivity contribution in [3.63, 3.8) is 0 Å². The number of hydrogen-bond acceptors (Lipinski definition) is 5. The summed E-state index contributed by atoms with van der Waals surface area (Å²) in [6.07, 6.45) is -2.44. The number of hydrogen-bond donors (Lipinski definition) is 2. The average molecular weight is 394 g/mol. The summed E-state index contributed by atoms with van der Waals surface area (Å²) >= 11 is 5.62. The van der Waals surface area contributed by atoms with Crippen molar-refractivity contribution < 1.29 is 13.2 Å². The maximum absolute atomic E-state index is 13.0. The molecule has 0 fully saturated rings. The summed E-state index contributed by atoms with van der Waals surface area (Å²) in [5.74, 6) is 0.545. The fraction of sp³-hybridized carbons (Fsp3) is 0.167. The van der Waals surface area contributed by atoms with Crippen LogP contribution in [0.2, 0.25) is 5.02 Å². The van der Waals surface area contributed by atoms with E-state index in [9.17, 15) is 13.2 Å². The monoisotopic (exact) mass is 393 g/mol. The van der Waals surface area contributed by atoms with Gasteiger partial charge in [0.05, 0.1) is 16.8 Å². The Morgan fingerprint density at radius 2 is 1.81 bits per heavy atom. The zero-order valence-corrected chi connectivity index (χ0v) is 14.7. The van der Waals surface area contributed by atoms with Crippen LogP contribution in [0, 0.1) is 0 Å². The van der Waals surface area contributed by atoms with E-state index in [0.29, 0.717) is 6.54 Å². The van der Waals surface area contributed by atoms with Crippen LogP contribution in [0.25, 0.3) is 0 Å². The number of anilines is 3. The molecule has 0 aliphatic carbocycles. The Bertz CT molecular complexity index is 903. The van der Waals surface area contributed by atoms with Crippen LogP contribution in [0.15, 0.2) is 54.7 Å². The van der Waals surface area contributed by atoms with Crippen molar-refractivity contribution in [3.05, 3.63) is 70.9 Å². The lowest BCUT2D eigenvalue weighted by atomic mass is 10.1. The first-order valence-corrected chi connectivity index (χ1v) is 8.41. The molecule has 1 aromatic heterocycles. The zero-order chi connectivity index (χ0) is 19.3. The molecule has 5 nitrogen and oxygen atoms in total. The molecular weight excluding hydrogens is 379 g/mol. The fourth-order valence-corrected chi connectivity index (χ4v) is 2.59. The van der Waals surface area contributed by atoms with Gasteiger partial charge in [0.25, 0.3) is 0 Å². The standard InChI is InChI=1S/C18H15ClF3N5/c19-15-7-6-13(10-14(15)18(20,21)22)25-16-11-24-27-17(26-16)23-9-8-12-4-2-1-3-5-12/h1-7,10-11H,8-9H2,(H2,23,25,26,27). The van der Waals surface area contributed by atoms with Gasteiger partial charge in [-0.05, 0) is 30.2 Å². The highest BCUT2D eigenvalue weighted by molar-refractivity contribution is 6.31. The van der Waals surface area contributed by atoms with E-state index in [0.717, 1.165) is 18.1 Å². The molecule has 0 saturated carbocycles. The van der Waals surface area contributed by atoms with E-state index in [1.165, 1.54) is 18.3 Å². The third-order valence-electron chi connectivity index (χ3n) is 3.64. The van der Waals surface area contributed by atoms with Crippen molar-refractivity contribution in [2.75, 3.05) is 17.2 Å².